The van der Waals surface area contributed by atoms with Crippen LogP contribution in [0, 0.1) is 0 Å². The van der Waals surface area contributed by atoms with Crippen molar-refractivity contribution in [2.24, 2.45) is 0 Å². The molecule has 38 heavy (non-hydrogen) atoms. The van der Waals surface area contributed by atoms with E-state index in [0.717, 1.165) is 16.2 Å². The minimum atomic E-state index is -1.26. The van der Waals surface area contributed by atoms with E-state index in [1.165, 1.54) is 7.11 Å². The van der Waals surface area contributed by atoms with E-state index < -0.39 is 30.0 Å². The van der Waals surface area contributed by atoms with Gasteiger partial charge in [0.25, 0.3) is 11.8 Å². The number of piperazine rings is 1. The first-order valence-corrected chi connectivity index (χ1v) is 12.2. The van der Waals surface area contributed by atoms with Gasteiger partial charge < -0.3 is 19.3 Å². The molecule has 1 N–H and O–H groups in total. The third kappa shape index (κ3) is 6.03. The second kappa shape index (κ2) is 12.7. The maximum Gasteiger partial charge on any atom is 0.274 e. The minimum absolute atomic E-state index is 0.231. The maximum absolute atomic E-state index is 13.8. The van der Waals surface area contributed by atoms with E-state index in [0.29, 0.717) is 23.5 Å². The Labute approximate surface area is 222 Å². The van der Waals surface area contributed by atoms with E-state index >= 15 is 0 Å². The average molecular weight is 521 g/mol. The molecule has 1 aliphatic rings. The lowest BCUT2D eigenvalue weighted by Crippen LogP contribution is -2.66. The molecule has 0 saturated carbocycles. The standard InChI is InChI=1S/C29H32N2O7/c1-35-19-38-31-28(33)25(17-20-7-5-4-6-8-20)30(18-21-9-13-23(36-2)14-10-21)26(29(31)34)27(32)22-11-15-24(37-3)16-12-22/h4-16,25-27,32H,17-19H2,1-3H3/t25-,26-,27+/m0/s1. The first kappa shape index (κ1) is 27.3. The first-order valence-electron chi connectivity index (χ1n) is 12.2. The number of rotatable bonds is 11. The van der Waals surface area contributed by atoms with Gasteiger partial charge in [-0.05, 0) is 47.4 Å². The molecular formula is C29H32N2O7. The van der Waals surface area contributed by atoms with E-state index in [4.69, 9.17) is 19.0 Å². The van der Waals surface area contributed by atoms with Gasteiger partial charge in [0.05, 0.1) is 20.3 Å². The average Bonchev–Trinajstić information content (AvgIpc) is 2.96. The highest BCUT2D eigenvalue weighted by atomic mass is 16.8. The Morgan fingerprint density at radius 1 is 0.789 bits per heavy atom. The van der Waals surface area contributed by atoms with Crippen LogP contribution in [-0.2, 0) is 32.1 Å². The van der Waals surface area contributed by atoms with Crippen molar-refractivity contribution in [2.75, 3.05) is 28.1 Å². The van der Waals surface area contributed by atoms with Crippen molar-refractivity contribution >= 4 is 11.8 Å². The van der Waals surface area contributed by atoms with Crippen LogP contribution in [0.25, 0.3) is 0 Å². The predicted molar refractivity (Wildman–Crippen MR) is 139 cm³/mol. The number of carbonyl (C=O) groups is 2. The summed E-state index contributed by atoms with van der Waals surface area (Å²) in [5.41, 5.74) is 2.26. The summed E-state index contributed by atoms with van der Waals surface area (Å²) in [6.07, 6.45) is -0.950. The van der Waals surface area contributed by atoms with Crippen LogP contribution in [0.2, 0.25) is 0 Å². The number of aliphatic hydroxyl groups is 1. The summed E-state index contributed by atoms with van der Waals surface area (Å²) in [6, 6.07) is 21.8. The lowest BCUT2D eigenvalue weighted by molar-refractivity contribution is -0.237. The molecule has 1 fully saturated rings. The number of benzene rings is 3. The summed E-state index contributed by atoms with van der Waals surface area (Å²) in [5.74, 6) is 0.110. The highest BCUT2D eigenvalue weighted by molar-refractivity contribution is 6.02. The Morgan fingerprint density at radius 2 is 1.39 bits per heavy atom. The van der Waals surface area contributed by atoms with Gasteiger partial charge in [-0.3, -0.25) is 14.5 Å². The highest BCUT2D eigenvalue weighted by Crippen LogP contribution is 2.33. The summed E-state index contributed by atoms with van der Waals surface area (Å²) in [4.78, 5) is 34.7. The van der Waals surface area contributed by atoms with Crippen LogP contribution in [0.4, 0.5) is 0 Å². The summed E-state index contributed by atoms with van der Waals surface area (Å²) < 4.78 is 15.5. The smallest absolute Gasteiger partial charge is 0.274 e. The number of methoxy groups -OCH3 is 3. The van der Waals surface area contributed by atoms with Crippen molar-refractivity contribution in [1.29, 1.82) is 0 Å². The molecule has 0 radical (unpaired) electrons. The molecule has 0 aliphatic carbocycles. The number of hydroxylamine groups is 2. The molecule has 0 aromatic heterocycles. The van der Waals surface area contributed by atoms with Gasteiger partial charge >= 0.3 is 0 Å². The van der Waals surface area contributed by atoms with E-state index in [9.17, 15) is 14.7 Å². The molecule has 0 bridgehead atoms. The number of amides is 2. The van der Waals surface area contributed by atoms with Gasteiger partial charge in [0.15, 0.2) is 6.79 Å². The SMILES string of the molecule is COCON1C(=O)[C@H]([C@H](O)c2ccc(OC)cc2)N(Cc2ccc(OC)cc2)[C@@H](Cc2ccccc2)C1=O. The van der Waals surface area contributed by atoms with Gasteiger partial charge in [0.1, 0.15) is 23.6 Å². The molecule has 4 rings (SSSR count). The summed E-state index contributed by atoms with van der Waals surface area (Å²) in [6.45, 7) is -0.0612. The number of aliphatic hydroxyl groups excluding tert-OH is 1. The molecule has 2 amide bonds. The van der Waals surface area contributed by atoms with Crippen LogP contribution >= 0.6 is 0 Å². The highest BCUT2D eigenvalue weighted by Gasteiger charge is 2.50. The van der Waals surface area contributed by atoms with E-state index in [-0.39, 0.29) is 13.3 Å². The van der Waals surface area contributed by atoms with Crippen LogP contribution in [0.1, 0.15) is 22.8 Å². The second-order valence-corrected chi connectivity index (χ2v) is 8.90. The van der Waals surface area contributed by atoms with Crippen molar-refractivity contribution in [3.8, 4) is 11.5 Å². The molecule has 1 heterocycles. The van der Waals surface area contributed by atoms with E-state index in [2.05, 4.69) is 0 Å². The predicted octanol–water partition coefficient (Wildman–Crippen LogP) is 3.12. The van der Waals surface area contributed by atoms with Gasteiger partial charge in [-0.25, -0.2) is 4.84 Å². The second-order valence-electron chi connectivity index (χ2n) is 8.90. The molecule has 1 saturated heterocycles. The van der Waals surface area contributed by atoms with Crippen LogP contribution in [0.3, 0.4) is 0 Å². The quantitative estimate of drug-likeness (QED) is 0.304. The lowest BCUT2D eigenvalue weighted by atomic mass is 9.92. The topological polar surface area (TPSA) is 97.8 Å². The number of carbonyl (C=O) groups excluding carboxylic acids is 2. The maximum atomic E-state index is 13.8. The Kier molecular flexibility index (Phi) is 9.09. The molecule has 0 unspecified atom stereocenters. The number of hydrogen-bond acceptors (Lipinski definition) is 8. The van der Waals surface area contributed by atoms with Gasteiger partial charge in [-0.15, -0.1) is 5.06 Å². The monoisotopic (exact) mass is 520 g/mol. The molecule has 200 valence electrons. The van der Waals surface area contributed by atoms with Crippen molar-refractivity contribution in [3.63, 3.8) is 0 Å². The first-order chi connectivity index (χ1) is 18.5. The Morgan fingerprint density at radius 3 is 1.97 bits per heavy atom. The lowest BCUT2D eigenvalue weighted by Gasteiger charge is -2.45. The zero-order valence-corrected chi connectivity index (χ0v) is 21.7. The van der Waals surface area contributed by atoms with Crippen LogP contribution in [0.5, 0.6) is 11.5 Å². The van der Waals surface area contributed by atoms with Crippen molar-refractivity contribution < 1.29 is 33.7 Å². The summed E-state index contributed by atoms with van der Waals surface area (Å²) in [7, 11) is 4.54. The third-order valence-corrected chi connectivity index (χ3v) is 6.55. The number of nitrogens with zero attached hydrogens (tertiary/aromatic N) is 2. The van der Waals surface area contributed by atoms with Gasteiger partial charge in [0.2, 0.25) is 0 Å². The molecule has 0 spiro atoms. The zero-order chi connectivity index (χ0) is 27.1. The molecular weight excluding hydrogens is 488 g/mol. The van der Waals surface area contributed by atoms with Crippen molar-refractivity contribution in [3.05, 3.63) is 95.6 Å². The fourth-order valence-corrected chi connectivity index (χ4v) is 4.57. The number of ether oxygens (including phenoxy) is 3. The largest absolute Gasteiger partial charge is 0.497 e. The van der Waals surface area contributed by atoms with Crippen molar-refractivity contribution in [1.82, 2.24) is 9.96 Å². The minimum Gasteiger partial charge on any atom is -0.497 e. The van der Waals surface area contributed by atoms with Crippen LogP contribution < -0.4 is 9.47 Å². The fraction of sp³-hybridized carbons (Fsp3) is 0.310. The molecule has 9 nitrogen and oxygen atoms in total. The summed E-state index contributed by atoms with van der Waals surface area (Å²) >= 11 is 0. The van der Waals surface area contributed by atoms with E-state index in [1.807, 2.05) is 54.6 Å². The Hall–Kier alpha value is -3.76. The van der Waals surface area contributed by atoms with Crippen LogP contribution in [0.15, 0.2) is 78.9 Å². The van der Waals surface area contributed by atoms with Crippen molar-refractivity contribution in [2.45, 2.75) is 31.2 Å². The van der Waals surface area contributed by atoms with E-state index in [1.54, 1.807) is 43.4 Å². The van der Waals surface area contributed by atoms with Gasteiger partial charge in [-0.2, -0.15) is 0 Å². The number of imide groups is 1. The van der Waals surface area contributed by atoms with Gasteiger partial charge in [-0.1, -0.05) is 54.6 Å². The molecule has 1 aliphatic heterocycles. The fourth-order valence-electron chi connectivity index (χ4n) is 4.57. The van der Waals surface area contributed by atoms with Crippen LogP contribution in [-0.4, -0.2) is 67.1 Å². The number of hydrogen-bond donors (Lipinski definition) is 1. The molecule has 3 aromatic rings. The Balaban J connectivity index is 1.77. The molecule has 3 atom stereocenters. The molecule has 9 heteroatoms. The summed E-state index contributed by atoms with van der Waals surface area (Å²) in [5, 5.41) is 12.3. The zero-order valence-electron chi connectivity index (χ0n) is 21.7. The normalized spacial score (nSPS) is 18.9. The Bertz CT molecular complexity index is 1200. The third-order valence-electron chi connectivity index (χ3n) is 6.55. The molecule has 3 aromatic carbocycles. The van der Waals surface area contributed by atoms with Gasteiger partial charge in [0, 0.05) is 13.7 Å².